The number of rotatable bonds is 55. The molecule has 75 heavy (non-hydrogen) atoms. The molecular formula is C66H117N2O6P. The standard InChI is InChI=1S/C66H117N2O6P/c1-6-8-10-12-14-16-18-20-22-24-26-28-30-31-32-33-34-35-36-37-38-40-42-44-46-48-50-52-54-56-58-60-66(70)67-64(63-74-75(71,72)73-62-61-68(3,4)5)65(69)59-57-55-53-51-49-47-45-43-41-39-29-27-25-23-21-19-17-15-13-11-9-7-2/h8,10,14,16,20,22,26,28,31-32,34-35,37-38,42,44,57,59,64-65,69H,6-7,9,11-13,15,17-19,21,23-25,27,29-30,33,36,39-41,43,45-56,58,60-63H2,1-5H3,(H-,67,70,71,72)/b10-8-,16-14-,22-20-,28-26-,32-31-,35-34-,38-37-,44-42-,59-57+. The predicted octanol–water partition coefficient (Wildman–Crippen LogP) is 18.5. The van der Waals surface area contributed by atoms with Crippen molar-refractivity contribution in [2.75, 3.05) is 40.9 Å². The first kappa shape index (κ1) is 72.2. The van der Waals surface area contributed by atoms with Crippen LogP contribution >= 0.6 is 7.82 Å². The molecule has 0 saturated carbocycles. The first-order valence-electron chi connectivity index (χ1n) is 30.7. The van der Waals surface area contributed by atoms with Gasteiger partial charge in [0.25, 0.3) is 7.82 Å². The highest BCUT2D eigenvalue weighted by Crippen LogP contribution is 2.38. The first-order valence-corrected chi connectivity index (χ1v) is 32.2. The number of carbonyl (C=O) groups is 1. The predicted molar refractivity (Wildman–Crippen MR) is 325 cm³/mol. The number of likely N-dealkylation sites (N-methyl/N-ethyl adjacent to an activating group) is 1. The number of nitrogens with zero attached hydrogens (tertiary/aromatic N) is 1. The second kappa shape index (κ2) is 55.9. The maximum Gasteiger partial charge on any atom is 0.268 e. The third-order valence-corrected chi connectivity index (χ3v) is 14.2. The second-order valence-electron chi connectivity index (χ2n) is 21.7. The minimum atomic E-state index is -4.61. The number of hydrogen-bond acceptors (Lipinski definition) is 6. The van der Waals surface area contributed by atoms with E-state index in [0.717, 1.165) is 109 Å². The molecule has 0 heterocycles. The van der Waals surface area contributed by atoms with Crippen molar-refractivity contribution < 1.29 is 32.9 Å². The molecule has 2 N–H and O–H groups in total. The van der Waals surface area contributed by atoms with Crippen LogP contribution < -0.4 is 10.2 Å². The first-order chi connectivity index (χ1) is 36.5. The van der Waals surface area contributed by atoms with Crippen molar-refractivity contribution in [2.24, 2.45) is 0 Å². The van der Waals surface area contributed by atoms with E-state index < -0.39 is 26.6 Å². The number of hydrogen-bond donors (Lipinski definition) is 2. The fourth-order valence-electron chi connectivity index (χ4n) is 8.46. The molecule has 3 atom stereocenters. The SMILES string of the molecule is CC/C=C\C/C=C\C/C=C\C/C=C\C/C=C\C/C=C\C/C=C\C/C=C\CCCCCCCCC(=O)NC(COP(=O)([O-])OCC[N+](C)(C)C)C(O)/C=C/CCCCCCCCCCCCCCCCCCCCCC. The molecule has 0 rings (SSSR count). The van der Waals surface area contributed by atoms with E-state index in [2.05, 4.69) is 116 Å². The molecule has 1 amide bonds. The van der Waals surface area contributed by atoms with E-state index in [4.69, 9.17) is 9.05 Å². The number of nitrogens with one attached hydrogen (secondary N) is 1. The van der Waals surface area contributed by atoms with Gasteiger partial charge in [-0.15, -0.1) is 0 Å². The van der Waals surface area contributed by atoms with Crippen molar-refractivity contribution in [3.8, 4) is 0 Å². The van der Waals surface area contributed by atoms with Gasteiger partial charge in [0.05, 0.1) is 39.9 Å². The molecule has 0 bridgehead atoms. The van der Waals surface area contributed by atoms with Crippen LogP contribution in [-0.2, 0) is 18.4 Å². The van der Waals surface area contributed by atoms with Crippen LogP contribution in [0.4, 0.5) is 0 Å². The fraction of sp³-hybridized carbons (Fsp3) is 0.712. The van der Waals surface area contributed by atoms with Gasteiger partial charge in [-0.05, 0) is 83.5 Å². The largest absolute Gasteiger partial charge is 0.756 e. The Kier molecular flexibility index (Phi) is 53.8. The number of phosphoric acid groups is 1. The molecule has 0 saturated heterocycles. The summed E-state index contributed by atoms with van der Waals surface area (Å²) in [5.74, 6) is -0.214. The second-order valence-corrected chi connectivity index (χ2v) is 23.1. The summed E-state index contributed by atoms with van der Waals surface area (Å²) in [5, 5.41) is 13.9. The maximum atomic E-state index is 13.0. The van der Waals surface area contributed by atoms with Crippen molar-refractivity contribution in [1.29, 1.82) is 0 Å². The van der Waals surface area contributed by atoms with Gasteiger partial charge in [0.15, 0.2) is 0 Å². The van der Waals surface area contributed by atoms with Crippen molar-refractivity contribution in [3.05, 3.63) is 109 Å². The lowest BCUT2D eigenvalue weighted by molar-refractivity contribution is -0.870. The summed E-state index contributed by atoms with van der Waals surface area (Å²) in [4.78, 5) is 25.6. The van der Waals surface area contributed by atoms with Crippen LogP contribution in [-0.4, -0.2) is 68.5 Å². The molecule has 9 heteroatoms. The number of phosphoric ester groups is 1. The normalized spacial score (nSPS) is 14.6. The summed E-state index contributed by atoms with van der Waals surface area (Å²) < 4.78 is 23.4. The van der Waals surface area contributed by atoms with Gasteiger partial charge in [-0.25, -0.2) is 0 Å². The van der Waals surface area contributed by atoms with Gasteiger partial charge in [-0.3, -0.25) is 9.36 Å². The van der Waals surface area contributed by atoms with Crippen LogP contribution in [0.3, 0.4) is 0 Å². The quantitative estimate of drug-likeness (QED) is 0.0272. The van der Waals surface area contributed by atoms with Crippen molar-refractivity contribution in [3.63, 3.8) is 0 Å². The van der Waals surface area contributed by atoms with E-state index in [0.29, 0.717) is 17.4 Å². The van der Waals surface area contributed by atoms with E-state index in [1.54, 1.807) is 6.08 Å². The Balaban J connectivity index is 4.26. The summed E-state index contributed by atoms with van der Waals surface area (Å²) in [5.41, 5.74) is 0. The monoisotopic (exact) mass is 1060 g/mol. The Labute approximate surface area is 463 Å². The molecule has 0 aliphatic rings. The maximum absolute atomic E-state index is 13.0. The molecular weight excluding hydrogens is 948 g/mol. The molecule has 0 aliphatic heterocycles. The minimum absolute atomic E-state index is 0.00955. The number of unbranched alkanes of at least 4 members (excludes halogenated alkanes) is 26. The lowest BCUT2D eigenvalue weighted by Crippen LogP contribution is -2.45. The number of aliphatic hydroxyl groups excluding tert-OH is 1. The Morgan fingerprint density at radius 2 is 0.813 bits per heavy atom. The summed E-state index contributed by atoms with van der Waals surface area (Å²) in [6.07, 6.45) is 81.6. The third-order valence-electron chi connectivity index (χ3n) is 13.2. The van der Waals surface area contributed by atoms with Crippen molar-refractivity contribution in [1.82, 2.24) is 5.32 Å². The number of amides is 1. The number of aliphatic hydroxyl groups is 1. The number of carbonyl (C=O) groups excluding carboxylic acids is 1. The highest BCUT2D eigenvalue weighted by atomic mass is 31.2. The zero-order valence-corrected chi connectivity index (χ0v) is 50.1. The Hall–Kier alpha value is -2.84. The van der Waals surface area contributed by atoms with E-state index in [1.807, 2.05) is 27.2 Å². The van der Waals surface area contributed by atoms with Gasteiger partial charge in [0.1, 0.15) is 13.2 Å². The van der Waals surface area contributed by atoms with Gasteiger partial charge in [-0.2, -0.15) is 0 Å². The van der Waals surface area contributed by atoms with Gasteiger partial charge >= 0.3 is 0 Å². The average Bonchev–Trinajstić information content (AvgIpc) is 3.37. The molecule has 0 spiro atoms. The van der Waals surface area contributed by atoms with E-state index >= 15 is 0 Å². The number of quaternary nitrogens is 1. The highest BCUT2D eigenvalue weighted by Gasteiger charge is 2.23. The van der Waals surface area contributed by atoms with Crippen LogP contribution in [0.1, 0.15) is 251 Å². The van der Waals surface area contributed by atoms with Crippen LogP contribution in [0.15, 0.2) is 109 Å². The van der Waals surface area contributed by atoms with Crippen molar-refractivity contribution >= 4 is 13.7 Å². The Morgan fingerprint density at radius 3 is 1.19 bits per heavy atom. The summed E-state index contributed by atoms with van der Waals surface area (Å²) in [7, 11) is 1.24. The summed E-state index contributed by atoms with van der Waals surface area (Å²) >= 11 is 0. The minimum Gasteiger partial charge on any atom is -0.756 e. The fourth-order valence-corrected chi connectivity index (χ4v) is 9.19. The van der Waals surface area contributed by atoms with Crippen molar-refractivity contribution in [2.45, 2.75) is 264 Å². The average molecular weight is 1070 g/mol. The third kappa shape index (κ3) is 58.7. The molecule has 0 aromatic rings. The van der Waals surface area contributed by atoms with Gasteiger partial charge in [0.2, 0.25) is 5.91 Å². The summed E-state index contributed by atoms with van der Waals surface area (Å²) in [6, 6.07) is -0.904. The topological polar surface area (TPSA) is 108 Å². The van der Waals surface area contributed by atoms with Crippen LogP contribution in [0.2, 0.25) is 0 Å². The molecule has 0 aromatic heterocycles. The van der Waals surface area contributed by atoms with Crippen LogP contribution in [0, 0.1) is 0 Å². The zero-order chi connectivity index (χ0) is 54.9. The van der Waals surface area contributed by atoms with E-state index in [1.165, 1.54) is 122 Å². The van der Waals surface area contributed by atoms with Gasteiger partial charge in [0, 0.05) is 6.42 Å². The molecule has 8 nitrogen and oxygen atoms in total. The molecule has 0 radical (unpaired) electrons. The van der Waals surface area contributed by atoms with E-state index in [-0.39, 0.29) is 12.5 Å². The molecule has 3 unspecified atom stereocenters. The molecule has 0 aliphatic carbocycles. The van der Waals surface area contributed by atoms with E-state index in [9.17, 15) is 19.4 Å². The summed E-state index contributed by atoms with van der Waals surface area (Å²) in [6.45, 7) is 4.53. The van der Waals surface area contributed by atoms with Gasteiger partial charge in [-0.1, -0.05) is 271 Å². The molecule has 432 valence electrons. The Bertz CT molecular complexity index is 1590. The van der Waals surface area contributed by atoms with Crippen LogP contribution in [0.25, 0.3) is 0 Å². The molecule has 0 aromatic carbocycles. The smallest absolute Gasteiger partial charge is 0.268 e. The van der Waals surface area contributed by atoms with Crippen LogP contribution in [0.5, 0.6) is 0 Å². The van der Waals surface area contributed by atoms with Gasteiger partial charge < -0.3 is 28.8 Å². The highest BCUT2D eigenvalue weighted by molar-refractivity contribution is 7.45. The Morgan fingerprint density at radius 1 is 0.480 bits per heavy atom. The lowest BCUT2D eigenvalue weighted by atomic mass is 10.0. The number of allylic oxidation sites excluding steroid dienone is 17. The molecule has 0 fully saturated rings. The zero-order valence-electron chi connectivity index (χ0n) is 49.2. The lowest BCUT2D eigenvalue weighted by Gasteiger charge is -2.29.